The van der Waals surface area contributed by atoms with Crippen LogP contribution in [-0.2, 0) is 4.79 Å². The maximum Gasteiger partial charge on any atom is 0.225 e. The minimum Gasteiger partial charge on any atom is -0.342 e. The summed E-state index contributed by atoms with van der Waals surface area (Å²) >= 11 is 0. The molecule has 2 nitrogen and oxygen atoms in total. The molecule has 0 atom stereocenters. The SMILES string of the molecule is O=C(C1CCCC1)N1CC[CH]CC1. The van der Waals surface area contributed by atoms with Crippen LogP contribution < -0.4 is 0 Å². The molecule has 0 spiro atoms. The van der Waals surface area contributed by atoms with Gasteiger partial charge in [-0.3, -0.25) is 4.79 Å². The van der Waals surface area contributed by atoms with E-state index in [1.807, 2.05) is 0 Å². The van der Waals surface area contributed by atoms with Crippen molar-refractivity contribution in [3.63, 3.8) is 0 Å². The van der Waals surface area contributed by atoms with Crippen LogP contribution in [0.25, 0.3) is 0 Å². The van der Waals surface area contributed by atoms with E-state index >= 15 is 0 Å². The molecule has 0 aromatic carbocycles. The highest BCUT2D eigenvalue weighted by Crippen LogP contribution is 2.27. The van der Waals surface area contributed by atoms with Gasteiger partial charge in [0.2, 0.25) is 5.91 Å². The van der Waals surface area contributed by atoms with Gasteiger partial charge in [-0.05, 0) is 32.1 Å². The van der Waals surface area contributed by atoms with Gasteiger partial charge >= 0.3 is 0 Å². The van der Waals surface area contributed by atoms with E-state index in [0.29, 0.717) is 11.8 Å². The van der Waals surface area contributed by atoms with E-state index in [2.05, 4.69) is 11.3 Å². The number of rotatable bonds is 1. The molecule has 1 amide bonds. The van der Waals surface area contributed by atoms with Crippen LogP contribution in [0.15, 0.2) is 0 Å². The van der Waals surface area contributed by atoms with E-state index in [4.69, 9.17) is 0 Å². The summed E-state index contributed by atoms with van der Waals surface area (Å²) in [5.41, 5.74) is 0. The van der Waals surface area contributed by atoms with Crippen molar-refractivity contribution in [2.75, 3.05) is 13.1 Å². The van der Waals surface area contributed by atoms with Gasteiger partial charge in [0, 0.05) is 19.0 Å². The summed E-state index contributed by atoms with van der Waals surface area (Å²) in [6.07, 6.45) is 9.28. The second kappa shape index (κ2) is 4.12. The van der Waals surface area contributed by atoms with Crippen molar-refractivity contribution < 1.29 is 4.79 Å². The fourth-order valence-electron chi connectivity index (χ4n) is 2.40. The largest absolute Gasteiger partial charge is 0.342 e. The third-order valence-electron chi connectivity index (χ3n) is 3.22. The molecule has 1 saturated carbocycles. The van der Waals surface area contributed by atoms with Crippen LogP contribution in [0.3, 0.4) is 0 Å². The molecule has 1 saturated heterocycles. The van der Waals surface area contributed by atoms with Gasteiger partial charge in [-0.1, -0.05) is 12.8 Å². The molecule has 0 N–H and O–H groups in total. The molecule has 1 aliphatic heterocycles. The Morgan fingerprint density at radius 3 is 2.38 bits per heavy atom. The van der Waals surface area contributed by atoms with E-state index < -0.39 is 0 Å². The Labute approximate surface area is 80.3 Å². The van der Waals surface area contributed by atoms with Gasteiger partial charge in [0.15, 0.2) is 0 Å². The van der Waals surface area contributed by atoms with Gasteiger partial charge in [0.05, 0.1) is 0 Å². The predicted molar refractivity (Wildman–Crippen MR) is 52.1 cm³/mol. The maximum absolute atomic E-state index is 11.9. The molecule has 0 unspecified atom stereocenters. The molecule has 0 aromatic heterocycles. The zero-order chi connectivity index (χ0) is 9.10. The second-order valence-corrected chi connectivity index (χ2v) is 4.17. The molecular weight excluding hydrogens is 162 g/mol. The average Bonchev–Trinajstić information content (AvgIpc) is 2.71. The normalized spacial score (nSPS) is 25.1. The molecule has 0 bridgehead atoms. The Kier molecular flexibility index (Phi) is 2.87. The molecular formula is C11H18NO. The minimum absolute atomic E-state index is 0.373. The lowest BCUT2D eigenvalue weighted by Gasteiger charge is -2.28. The molecule has 2 fully saturated rings. The highest BCUT2D eigenvalue weighted by Gasteiger charge is 2.27. The van der Waals surface area contributed by atoms with Gasteiger partial charge in [0.25, 0.3) is 0 Å². The van der Waals surface area contributed by atoms with Gasteiger partial charge < -0.3 is 4.90 Å². The molecule has 13 heavy (non-hydrogen) atoms. The Balaban J connectivity index is 1.87. The van der Waals surface area contributed by atoms with Crippen molar-refractivity contribution in [3.05, 3.63) is 6.42 Å². The summed E-state index contributed by atoms with van der Waals surface area (Å²) in [6.45, 7) is 1.94. The van der Waals surface area contributed by atoms with Gasteiger partial charge in [0.1, 0.15) is 0 Å². The Morgan fingerprint density at radius 1 is 1.15 bits per heavy atom. The van der Waals surface area contributed by atoms with Gasteiger partial charge in [-0.25, -0.2) is 0 Å². The first-order valence-electron chi connectivity index (χ1n) is 5.48. The lowest BCUT2D eigenvalue weighted by Crippen LogP contribution is -2.39. The first-order valence-corrected chi connectivity index (χ1v) is 5.48. The van der Waals surface area contributed by atoms with Crippen molar-refractivity contribution in [3.8, 4) is 0 Å². The standard InChI is InChI=1S/C11H18NO/c13-11(10-6-2-3-7-10)12-8-4-1-5-9-12/h1,10H,2-9H2. The minimum atomic E-state index is 0.373. The van der Waals surface area contributed by atoms with E-state index in [1.165, 1.54) is 12.8 Å². The Bertz CT molecular complexity index is 179. The average molecular weight is 180 g/mol. The summed E-state index contributed by atoms with van der Waals surface area (Å²) in [5.74, 6) is 0.809. The van der Waals surface area contributed by atoms with Crippen LogP contribution in [0.1, 0.15) is 38.5 Å². The maximum atomic E-state index is 11.9. The molecule has 73 valence electrons. The molecule has 0 aromatic rings. The van der Waals surface area contributed by atoms with E-state index in [1.54, 1.807) is 0 Å². The fourth-order valence-corrected chi connectivity index (χ4v) is 2.40. The van der Waals surface area contributed by atoms with Crippen LogP contribution in [-0.4, -0.2) is 23.9 Å². The van der Waals surface area contributed by atoms with Gasteiger partial charge in [-0.15, -0.1) is 0 Å². The predicted octanol–water partition coefficient (Wildman–Crippen LogP) is 2.00. The van der Waals surface area contributed by atoms with Crippen molar-refractivity contribution in [1.29, 1.82) is 0 Å². The molecule has 1 heterocycles. The van der Waals surface area contributed by atoms with Crippen molar-refractivity contribution in [1.82, 2.24) is 4.90 Å². The van der Waals surface area contributed by atoms with Crippen LogP contribution in [0.5, 0.6) is 0 Å². The number of nitrogens with zero attached hydrogens (tertiary/aromatic N) is 1. The third kappa shape index (κ3) is 2.04. The van der Waals surface area contributed by atoms with Crippen molar-refractivity contribution in [2.45, 2.75) is 38.5 Å². The van der Waals surface area contributed by atoms with Crippen LogP contribution in [0.2, 0.25) is 0 Å². The summed E-state index contributed by atoms with van der Waals surface area (Å²) in [4.78, 5) is 14.0. The van der Waals surface area contributed by atoms with E-state index in [-0.39, 0.29) is 0 Å². The Hall–Kier alpha value is -0.530. The zero-order valence-electron chi connectivity index (χ0n) is 8.17. The smallest absolute Gasteiger partial charge is 0.225 e. The third-order valence-corrected chi connectivity index (χ3v) is 3.22. The van der Waals surface area contributed by atoms with E-state index in [9.17, 15) is 4.79 Å². The number of hydrogen-bond acceptors (Lipinski definition) is 1. The summed E-state index contributed by atoms with van der Waals surface area (Å²) in [6, 6.07) is 0. The number of piperidine rings is 1. The molecule has 1 radical (unpaired) electrons. The molecule has 2 rings (SSSR count). The van der Waals surface area contributed by atoms with Gasteiger partial charge in [-0.2, -0.15) is 0 Å². The first-order chi connectivity index (χ1) is 6.38. The fraction of sp³-hybridized carbons (Fsp3) is 0.818. The lowest BCUT2D eigenvalue weighted by molar-refractivity contribution is -0.135. The lowest BCUT2D eigenvalue weighted by atomic mass is 10.0. The monoisotopic (exact) mass is 180 g/mol. The highest BCUT2D eigenvalue weighted by atomic mass is 16.2. The molecule has 2 aliphatic rings. The quantitative estimate of drug-likeness (QED) is 0.604. The van der Waals surface area contributed by atoms with Crippen molar-refractivity contribution >= 4 is 5.91 Å². The molecule has 2 heteroatoms. The summed E-state index contributed by atoms with van der Waals surface area (Å²) in [5, 5.41) is 0. The number of hydrogen-bond donors (Lipinski definition) is 0. The molecule has 1 aliphatic carbocycles. The Morgan fingerprint density at radius 2 is 1.77 bits per heavy atom. The van der Waals surface area contributed by atoms with Crippen LogP contribution in [0.4, 0.5) is 0 Å². The van der Waals surface area contributed by atoms with E-state index in [0.717, 1.165) is 38.8 Å². The number of carbonyl (C=O) groups is 1. The summed E-state index contributed by atoms with van der Waals surface area (Å²) < 4.78 is 0. The van der Waals surface area contributed by atoms with Crippen LogP contribution >= 0.6 is 0 Å². The second-order valence-electron chi connectivity index (χ2n) is 4.17. The number of amides is 1. The zero-order valence-corrected chi connectivity index (χ0v) is 8.17. The summed E-state index contributed by atoms with van der Waals surface area (Å²) in [7, 11) is 0. The first kappa shape index (κ1) is 9.04. The van der Waals surface area contributed by atoms with Crippen molar-refractivity contribution in [2.24, 2.45) is 5.92 Å². The van der Waals surface area contributed by atoms with Crippen LogP contribution in [0, 0.1) is 12.3 Å². The topological polar surface area (TPSA) is 20.3 Å². The number of likely N-dealkylation sites (tertiary alicyclic amines) is 1. The highest BCUT2D eigenvalue weighted by molar-refractivity contribution is 5.79. The number of carbonyl (C=O) groups excluding carboxylic acids is 1.